The summed E-state index contributed by atoms with van der Waals surface area (Å²) < 4.78 is 24.4. The summed E-state index contributed by atoms with van der Waals surface area (Å²) in [6.07, 6.45) is 3.53. The van der Waals surface area contributed by atoms with Crippen molar-refractivity contribution in [3.05, 3.63) is 44.7 Å². The fourth-order valence-electron chi connectivity index (χ4n) is 2.18. The van der Waals surface area contributed by atoms with Gasteiger partial charge in [0.1, 0.15) is 11.5 Å². The van der Waals surface area contributed by atoms with Crippen LogP contribution in [0.5, 0.6) is 0 Å². The first-order valence-electron chi connectivity index (χ1n) is 6.96. The minimum atomic E-state index is -0.707. The number of aromatic nitrogens is 4. The zero-order chi connectivity index (χ0) is 17.1. The van der Waals surface area contributed by atoms with E-state index in [1.54, 1.807) is 11.8 Å². The van der Waals surface area contributed by atoms with Crippen molar-refractivity contribution >= 4 is 27.7 Å². The lowest BCUT2D eigenvalue weighted by Crippen LogP contribution is -2.14. The SMILES string of the molecule is CSCCCc1nonc1-c1noc(=O)n1-c1ccc(F)c(Br)c1. The zero-order valence-corrected chi connectivity index (χ0v) is 14.9. The maximum Gasteiger partial charge on any atom is 0.446 e. The van der Waals surface area contributed by atoms with Crippen LogP contribution in [0.3, 0.4) is 0 Å². The number of benzene rings is 1. The molecule has 0 aliphatic rings. The van der Waals surface area contributed by atoms with Crippen LogP contribution in [0, 0.1) is 5.82 Å². The lowest BCUT2D eigenvalue weighted by Gasteiger charge is -2.04. The van der Waals surface area contributed by atoms with Crippen LogP contribution in [0.25, 0.3) is 17.2 Å². The molecule has 24 heavy (non-hydrogen) atoms. The maximum absolute atomic E-state index is 13.4. The van der Waals surface area contributed by atoms with Gasteiger partial charge in [-0.15, -0.1) is 0 Å². The van der Waals surface area contributed by atoms with Crippen LogP contribution in [0.15, 0.2) is 36.6 Å². The van der Waals surface area contributed by atoms with Gasteiger partial charge in [-0.2, -0.15) is 11.8 Å². The Balaban J connectivity index is 2.04. The van der Waals surface area contributed by atoms with E-state index in [-0.39, 0.29) is 10.3 Å². The molecule has 0 saturated heterocycles. The number of nitrogens with zero attached hydrogens (tertiary/aromatic N) is 4. The molecule has 0 saturated carbocycles. The van der Waals surface area contributed by atoms with E-state index >= 15 is 0 Å². The van der Waals surface area contributed by atoms with Gasteiger partial charge in [-0.25, -0.2) is 18.4 Å². The summed E-state index contributed by atoms with van der Waals surface area (Å²) in [4.78, 5) is 12.0. The molecule has 0 aliphatic heterocycles. The van der Waals surface area contributed by atoms with E-state index in [4.69, 9.17) is 9.15 Å². The predicted molar refractivity (Wildman–Crippen MR) is 89.8 cm³/mol. The molecule has 0 aliphatic carbocycles. The lowest BCUT2D eigenvalue weighted by molar-refractivity contribution is 0.304. The number of hydrogen-bond acceptors (Lipinski definition) is 7. The summed E-state index contributed by atoms with van der Waals surface area (Å²) >= 11 is 4.82. The van der Waals surface area contributed by atoms with Crippen molar-refractivity contribution in [2.45, 2.75) is 12.8 Å². The minimum Gasteiger partial charge on any atom is -0.295 e. The molecule has 3 rings (SSSR count). The normalized spacial score (nSPS) is 11.1. The molecule has 0 N–H and O–H groups in total. The molecule has 1 aromatic carbocycles. The van der Waals surface area contributed by atoms with Gasteiger partial charge in [0.25, 0.3) is 0 Å². The first-order valence-corrected chi connectivity index (χ1v) is 9.15. The minimum absolute atomic E-state index is 0.166. The standard InChI is InChI=1S/C14H12BrFN4O3S/c1-24-6-2-3-11-12(18-23-17-11)13-19-22-14(21)20(13)8-4-5-10(16)9(15)7-8/h4-5,7H,2-3,6H2,1H3. The van der Waals surface area contributed by atoms with Gasteiger partial charge in [-0.1, -0.05) is 10.3 Å². The molecule has 10 heteroatoms. The Morgan fingerprint density at radius 2 is 2.17 bits per heavy atom. The molecule has 0 fully saturated rings. The summed E-state index contributed by atoms with van der Waals surface area (Å²) in [6, 6.07) is 4.14. The van der Waals surface area contributed by atoms with Crippen LogP contribution < -0.4 is 5.76 Å². The second-order valence-electron chi connectivity index (χ2n) is 4.86. The van der Waals surface area contributed by atoms with Gasteiger partial charge in [-0.05, 0) is 64.1 Å². The van der Waals surface area contributed by atoms with Crippen molar-refractivity contribution in [1.82, 2.24) is 20.0 Å². The number of hydrogen-bond donors (Lipinski definition) is 0. The third kappa shape index (κ3) is 3.29. The molecule has 0 bridgehead atoms. The number of halogens is 2. The Bertz CT molecular complexity index is 908. The Labute approximate surface area is 148 Å². The molecule has 7 nitrogen and oxygen atoms in total. The van der Waals surface area contributed by atoms with Gasteiger partial charge in [-0.3, -0.25) is 4.52 Å². The number of thioether (sulfide) groups is 1. The molecular formula is C14H12BrFN4O3S. The van der Waals surface area contributed by atoms with Crippen molar-refractivity contribution in [2.75, 3.05) is 12.0 Å². The predicted octanol–water partition coefficient (Wildman–Crippen LogP) is 3.07. The maximum atomic E-state index is 13.4. The lowest BCUT2D eigenvalue weighted by atomic mass is 10.2. The van der Waals surface area contributed by atoms with Crippen molar-refractivity contribution < 1.29 is 13.5 Å². The summed E-state index contributed by atoms with van der Waals surface area (Å²) in [5, 5.41) is 11.5. The van der Waals surface area contributed by atoms with Crippen molar-refractivity contribution in [3.8, 4) is 17.2 Å². The van der Waals surface area contributed by atoms with Crippen LogP contribution in [0.2, 0.25) is 0 Å². The summed E-state index contributed by atoms with van der Waals surface area (Å²) in [5.74, 6) is -0.0193. The van der Waals surface area contributed by atoms with E-state index in [1.807, 2.05) is 6.26 Å². The van der Waals surface area contributed by atoms with E-state index in [2.05, 4.69) is 31.4 Å². The van der Waals surface area contributed by atoms with Gasteiger partial charge in [0, 0.05) is 0 Å². The molecule has 0 spiro atoms. The molecule has 2 aromatic heterocycles. The molecule has 126 valence electrons. The average Bonchev–Trinajstić information content (AvgIpc) is 3.17. The van der Waals surface area contributed by atoms with Crippen molar-refractivity contribution in [2.24, 2.45) is 0 Å². The third-order valence-corrected chi connectivity index (χ3v) is 4.60. The van der Waals surface area contributed by atoms with Gasteiger partial charge in [0.2, 0.25) is 5.82 Å². The molecule has 0 atom stereocenters. The van der Waals surface area contributed by atoms with Crippen LogP contribution in [0.1, 0.15) is 12.1 Å². The van der Waals surface area contributed by atoms with E-state index in [0.29, 0.717) is 23.5 Å². The van der Waals surface area contributed by atoms with Crippen molar-refractivity contribution in [3.63, 3.8) is 0 Å². The highest BCUT2D eigenvalue weighted by Gasteiger charge is 2.22. The average molecular weight is 415 g/mol. The second-order valence-corrected chi connectivity index (χ2v) is 6.70. The highest BCUT2D eigenvalue weighted by Crippen LogP contribution is 2.24. The number of rotatable bonds is 6. The van der Waals surface area contributed by atoms with E-state index < -0.39 is 11.6 Å². The van der Waals surface area contributed by atoms with E-state index in [0.717, 1.165) is 12.2 Å². The summed E-state index contributed by atoms with van der Waals surface area (Å²) in [5.41, 5.74) is 1.32. The molecule has 0 unspecified atom stereocenters. The monoisotopic (exact) mass is 414 g/mol. The van der Waals surface area contributed by atoms with Crippen LogP contribution in [0.4, 0.5) is 4.39 Å². The highest BCUT2D eigenvalue weighted by molar-refractivity contribution is 9.10. The van der Waals surface area contributed by atoms with Gasteiger partial charge < -0.3 is 0 Å². The Hall–Kier alpha value is -1.94. The van der Waals surface area contributed by atoms with E-state index in [9.17, 15) is 9.18 Å². The second kappa shape index (κ2) is 7.31. The summed E-state index contributed by atoms with van der Waals surface area (Å²) in [7, 11) is 0. The zero-order valence-electron chi connectivity index (χ0n) is 12.5. The molecule has 0 amide bonds. The quantitative estimate of drug-likeness (QED) is 0.572. The fourth-order valence-corrected chi connectivity index (χ4v) is 2.98. The largest absolute Gasteiger partial charge is 0.446 e. The van der Waals surface area contributed by atoms with Crippen LogP contribution in [-0.2, 0) is 6.42 Å². The Morgan fingerprint density at radius 3 is 2.92 bits per heavy atom. The van der Waals surface area contributed by atoms with Crippen LogP contribution >= 0.6 is 27.7 Å². The Kier molecular flexibility index (Phi) is 5.14. The molecule has 3 aromatic rings. The van der Waals surface area contributed by atoms with Gasteiger partial charge in [0.05, 0.1) is 10.2 Å². The third-order valence-electron chi connectivity index (χ3n) is 3.30. The highest BCUT2D eigenvalue weighted by atomic mass is 79.9. The number of aryl methyl sites for hydroxylation is 1. The first-order chi connectivity index (χ1) is 11.6. The molecular weight excluding hydrogens is 403 g/mol. The van der Waals surface area contributed by atoms with Crippen molar-refractivity contribution in [1.29, 1.82) is 0 Å². The topological polar surface area (TPSA) is 87.0 Å². The first kappa shape index (κ1) is 16.9. The fraction of sp³-hybridized carbons (Fsp3) is 0.286. The molecule has 2 heterocycles. The van der Waals surface area contributed by atoms with Gasteiger partial charge >= 0.3 is 5.76 Å². The van der Waals surface area contributed by atoms with Gasteiger partial charge in [0.15, 0.2) is 5.69 Å². The van der Waals surface area contributed by atoms with Crippen LogP contribution in [-0.4, -0.2) is 32.0 Å². The Morgan fingerprint density at radius 1 is 1.33 bits per heavy atom. The van der Waals surface area contributed by atoms with E-state index in [1.165, 1.54) is 22.8 Å². The molecule has 0 radical (unpaired) electrons. The smallest absolute Gasteiger partial charge is 0.295 e. The summed E-state index contributed by atoms with van der Waals surface area (Å²) in [6.45, 7) is 0.